The van der Waals surface area contributed by atoms with Crippen molar-refractivity contribution in [3.8, 4) is 0 Å². The molecule has 0 saturated carbocycles. The molecule has 19 heavy (non-hydrogen) atoms. The van der Waals surface area contributed by atoms with Gasteiger partial charge in [-0.05, 0) is 43.0 Å². The molecule has 0 saturated heterocycles. The van der Waals surface area contributed by atoms with E-state index in [0.29, 0.717) is 12.2 Å². The Balaban J connectivity index is 2.35. The number of benzene rings is 1. The summed E-state index contributed by atoms with van der Waals surface area (Å²) in [5.41, 5.74) is 0.624. The van der Waals surface area contributed by atoms with E-state index in [1.54, 1.807) is 23.9 Å². The minimum absolute atomic E-state index is 0.151. The van der Waals surface area contributed by atoms with Crippen LogP contribution >= 0.6 is 11.8 Å². The quantitative estimate of drug-likeness (QED) is 0.672. The Labute approximate surface area is 116 Å². The number of aromatic carboxylic acids is 1. The number of rotatable bonds is 7. The molecule has 6 heteroatoms. The zero-order chi connectivity index (χ0) is 14.1. The van der Waals surface area contributed by atoms with Gasteiger partial charge in [0.05, 0.1) is 5.56 Å². The minimum Gasteiger partial charge on any atom is -0.478 e. The summed E-state index contributed by atoms with van der Waals surface area (Å²) in [6, 6.07) is 5.84. The molecule has 0 heterocycles. The van der Waals surface area contributed by atoms with Crippen molar-refractivity contribution in [3.63, 3.8) is 0 Å². The number of hydrogen-bond donors (Lipinski definition) is 3. The highest BCUT2D eigenvalue weighted by Gasteiger charge is 2.05. The number of hydrogen-bond acceptors (Lipinski definition) is 3. The van der Waals surface area contributed by atoms with Crippen molar-refractivity contribution in [2.75, 3.05) is 23.9 Å². The van der Waals surface area contributed by atoms with Gasteiger partial charge in [-0.2, -0.15) is 11.8 Å². The lowest BCUT2D eigenvalue weighted by Crippen LogP contribution is -2.29. The molecular formula is C13H18N2O3S. The first kappa shape index (κ1) is 15.4. The zero-order valence-corrected chi connectivity index (χ0v) is 11.6. The fourth-order valence-electron chi connectivity index (χ4n) is 1.48. The summed E-state index contributed by atoms with van der Waals surface area (Å²) < 4.78 is 0. The maximum absolute atomic E-state index is 11.6. The molecule has 2 amide bonds. The lowest BCUT2D eigenvalue weighted by atomic mass is 10.2. The van der Waals surface area contributed by atoms with Gasteiger partial charge in [-0.1, -0.05) is 6.07 Å². The van der Waals surface area contributed by atoms with Crippen LogP contribution in [-0.4, -0.2) is 35.7 Å². The van der Waals surface area contributed by atoms with Gasteiger partial charge in [-0.15, -0.1) is 0 Å². The molecule has 0 aliphatic rings. The molecular weight excluding hydrogens is 264 g/mol. The highest BCUT2D eigenvalue weighted by Crippen LogP contribution is 2.10. The van der Waals surface area contributed by atoms with Crippen LogP contribution in [-0.2, 0) is 0 Å². The Bertz CT molecular complexity index is 438. The number of nitrogens with one attached hydrogen (secondary N) is 2. The van der Waals surface area contributed by atoms with Gasteiger partial charge in [-0.25, -0.2) is 9.59 Å². The van der Waals surface area contributed by atoms with Crippen LogP contribution in [0.25, 0.3) is 0 Å². The molecule has 1 rings (SSSR count). The molecule has 0 aliphatic heterocycles. The molecule has 0 fully saturated rings. The summed E-state index contributed by atoms with van der Waals surface area (Å²) >= 11 is 1.78. The monoisotopic (exact) mass is 282 g/mol. The predicted octanol–water partition coefficient (Wildman–Crippen LogP) is 2.65. The fourth-order valence-corrected chi connectivity index (χ4v) is 1.97. The van der Waals surface area contributed by atoms with Crippen LogP contribution in [0.3, 0.4) is 0 Å². The average molecular weight is 282 g/mol. The highest BCUT2D eigenvalue weighted by atomic mass is 32.2. The second-order valence-electron chi connectivity index (χ2n) is 3.97. The Morgan fingerprint density at radius 1 is 1.32 bits per heavy atom. The van der Waals surface area contributed by atoms with Crippen LogP contribution in [0.4, 0.5) is 10.5 Å². The smallest absolute Gasteiger partial charge is 0.335 e. The van der Waals surface area contributed by atoms with Crippen molar-refractivity contribution in [2.45, 2.75) is 12.8 Å². The third kappa shape index (κ3) is 6.15. The van der Waals surface area contributed by atoms with E-state index >= 15 is 0 Å². The van der Waals surface area contributed by atoms with Crippen molar-refractivity contribution in [1.29, 1.82) is 0 Å². The Hall–Kier alpha value is -1.69. The van der Waals surface area contributed by atoms with E-state index in [2.05, 4.69) is 16.9 Å². The predicted molar refractivity (Wildman–Crippen MR) is 78.0 cm³/mol. The van der Waals surface area contributed by atoms with Gasteiger partial charge in [0.25, 0.3) is 0 Å². The van der Waals surface area contributed by atoms with Crippen LogP contribution < -0.4 is 10.6 Å². The molecule has 5 nitrogen and oxygen atoms in total. The van der Waals surface area contributed by atoms with E-state index < -0.39 is 5.97 Å². The number of amides is 2. The van der Waals surface area contributed by atoms with Gasteiger partial charge >= 0.3 is 12.0 Å². The summed E-state index contributed by atoms with van der Waals surface area (Å²) in [6.07, 6.45) is 4.05. The molecule has 3 N–H and O–H groups in total. The van der Waals surface area contributed by atoms with E-state index in [1.165, 1.54) is 12.1 Å². The minimum atomic E-state index is -1.01. The van der Waals surface area contributed by atoms with Crippen LogP contribution in [0, 0.1) is 0 Å². The fraction of sp³-hybridized carbons (Fsp3) is 0.385. The Morgan fingerprint density at radius 3 is 2.79 bits per heavy atom. The standard InChI is InChI=1S/C13H18N2O3S/c1-19-8-3-2-7-14-13(18)15-11-6-4-5-10(9-11)12(16)17/h4-6,9H,2-3,7-8H2,1H3,(H,16,17)(H2,14,15,18). The maximum atomic E-state index is 11.6. The van der Waals surface area contributed by atoms with E-state index in [9.17, 15) is 9.59 Å². The second-order valence-corrected chi connectivity index (χ2v) is 4.95. The van der Waals surface area contributed by atoms with Crippen molar-refractivity contribution in [3.05, 3.63) is 29.8 Å². The number of urea groups is 1. The van der Waals surface area contributed by atoms with Gasteiger partial charge < -0.3 is 15.7 Å². The molecule has 1 aromatic carbocycles. The van der Waals surface area contributed by atoms with Gasteiger partial charge in [0.15, 0.2) is 0 Å². The Kier molecular flexibility index (Phi) is 6.81. The van der Waals surface area contributed by atoms with Gasteiger partial charge in [0, 0.05) is 12.2 Å². The first-order chi connectivity index (χ1) is 9.13. The Morgan fingerprint density at radius 2 is 2.11 bits per heavy atom. The van der Waals surface area contributed by atoms with E-state index in [1.807, 2.05) is 0 Å². The molecule has 0 spiro atoms. The summed E-state index contributed by atoms with van der Waals surface area (Å²) in [5, 5.41) is 14.2. The number of thioether (sulfide) groups is 1. The first-order valence-corrected chi connectivity index (χ1v) is 7.40. The van der Waals surface area contributed by atoms with Crippen molar-refractivity contribution >= 4 is 29.4 Å². The summed E-state index contributed by atoms with van der Waals surface area (Å²) in [5.74, 6) is 0.0744. The second kappa shape index (κ2) is 8.42. The van der Waals surface area contributed by atoms with Crippen LogP contribution in [0.15, 0.2) is 24.3 Å². The molecule has 0 radical (unpaired) electrons. The number of carbonyl (C=O) groups is 2. The highest BCUT2D eigenvalue weighted by molar-refractivity contribution is 7.98. The topological polar surface area (TPSA) is 78.4 Å². The maximum Gasteiger partial charge on any atom is 0.335 e. The molecule has 0 bridgehead atoms. The first-order valence-electron chi connectivity index (χ1n) is 6.00. The normalized spacial score (nSPS) is 9.95. The summed E-state index contributed by atoms with van der Waals surface area (Å²) in [4.78, 5) is 22.3. The largest absolute Gasteiger partial charge is 0.478 e. The third-order valence-corrected chi connectivity index (χ3v) is 3.13. The summed E-state index contributed by atoms with van der Waals surface area (Å²) in [7, 11) is 0. The lowest BCUT2D eigenvalue weighted by Gasteiger charge is -2.07. The molecule has 0 aliphatic carbocycles. The van der Waals surface area contributed by atoms with E-state index in [-0.39, 0.29) is 11.6 Å². The SMILES string of the molecule is CSCCCCNC(=O)Nc1cccc(C(=O)O)c1. The number of anilines is 1. The van der Waals surface area contributed by atoms with Gasteiger partial charge in [0.2, 0.25) is 0 Å². The van der Waals surface area contributed by atoms with Crippen molar-refractivity contribution in [1.82, 2.24) is 5.32 Å². The summed E-state index contributed by atoms with van der Waals surface area (Å²) in [6.45, 7) is 0.616. The number of carbonyl (C=O) groups excluding carboxylic acids is 1. The molecule has 0 atom stereocenters. The molecule has 104 valence electrons. The molecule has 0 aromatic heterocycles. The van der Waals surface area contributed by atoms with E-state index in [0.717, 1.165) is 18.6 Å². The van der Waals surface area contributed by atoms with Crippen molar-refractivity contribution in [2.24, 2.45) is 0 Å². The molecule has 0 unspecified atom stereocenters. The average Bonchev–Trinajstić information content (AvgIpc) is 2.38. The van der Waals surface area contributed by atoms with Gasteiger partial charge in [-0.3, -0.25) is 0 Å². The van der Waals surface area contributed by atoms with Crippen LogP contribution in [0.5, 0.6) is 0 Å². The van der Waals surface area contributed by atoms with E-state index in [4.69, 9.17) is 5.11 Å². The van der Waals surface area contributed by atoms with Gasteiger partial charge in [0.1, 0.15) is 0 Å². The number of carboxylic acids is 1. The van der Waals surface area contributed by atoms with Crippen LogP contribution in [0.1, 0.15) is 23.2 Å². The third-order valence-electron chi connectivity index (χ3n) is 2.43. The van der Waals surface area contributed by atoms with Crippen LogP contribution in [0.2, 0.25) is 0 Å². The molecule has 1 aromatic rings. The number of carboxylic acid groups (broad SMARTS) is 1. The number of unbranched alkanes of at least 4 members (excludes halogenated alkanes) is 1. The zero-order valence-electron chi connectivity index (χ0n) is 10.8. The van der Waals surface area contributed by atoms with Crippen molar-refractivity contribution < 1.29 is 14.7 Å². The lowest BCUT2D eigenvalue weighted by molar-refractivity contribution is 0.0697.